The summed E-state index contributed by atoms with van der Waals surface area (Å²) in [5, 5.41) is 12.0. The van der Waals surface area contributed by atoms with Crippen molar-refractivity contribution in [2.45, 2.75) is 39.3 Å². The van der Waals surface area contributed by atoms with Crippen molar-refractivity contribution in [3.8, 4) is 0 Å². The first kappa shape index (κ1) is 23.0. The number of hydrogen-bond donors (Lipinski definition) is 1. The molecular formula is C22H34IN7. The molecule has 0 saturated carbocycles. The monoisotopic (exact) mass is 523 g/mol. The maximum atomic E-state index is 4.95. The van der Waals surface area contributed by atoms with E-state index in [0.29, 0.717) is 13.1 Å². The molecule has 0 bridgehead atoms. The second-order valence-corrected chi connectivity index (χ2v) is 8.31. The van der Waals surface area contributed by atoms with Crippen molar-refractivity contribution in [1.82, 2.24) is 29.9 Å². The number of aromatic nitrogens is 3. The van der Waals surface area contributed by atoms with Gasteiger partial charge in [0.15, 0.2) is 11.8 Å². The zero-order valence-corrected chi connectivity index (χ0v) is 20.5. The first-order chi connectivity index (χ1) is 14.2. The highest BCUT2D eigenvalue weighted by atomic mass is 127. The van der Waals surface area contributed by atoms with Gasteiger partial charge in [0, 0.05) is 26.7 Å². The van der Waals surface area contributed by atoms with Crippen LogP contribution in [0, 0.1) is 12.8 Å². The minimum atomic E-state index is 0. The number of hydrogen-bond acceptors (Lipinski definition) is 4. The molecule has 30 heavy (non-hydrogen) atoms. The van der Waals surface area contributed by atoms with Gasteiger partial charge in [0.25, 0.3) is 0 Å². The molecule has 2 aliphatic rings. The van der Waals surface area contributed by atoms with Crippen molar-refractivity contribution < 1.29 is 0 Å². The van der Waals surface area contributed by atoms with Crippen molar-refractivity contribution in [3.63, 3.8) is 0 Å². The average molecular weight is 523 g/mol. The van der Waals surface area contributed by atoms with Crippen molar-refractivity contribution in [3.05, 3.63) is 47.5 Å². The van der Waals surface area contributed by atoms with Crippen LogP contribution in [0.5, 0.6) is 0 Å². The van der Waals surface area contributed by atoms with Gasteiger partial charge >= 0.3 is 0 Å². The van der Waals surface area contributed by atoms with E-state index in [1.807, 2.05) is 24.6 Å². The SMILES string of the molecule is Cc1nnc(CNC(=NCc2ccccc2)N2CCC(CN3CCCC3)C2)n1C.I. The van der Waals surface area contributed by atoms with Gasteiger partial charge in [-0.15, -0.1) is 34.2 Å². The van der Waals surface area contributed by atoms with Crippen LogP contribution in [-0.2, 0) is 20.1 Å². The summed E-state index contributed by atoms with van der Waals surface area (Å²) in [7, 11) is 2.01. The van der Waals surface area contributed by atoms with Crippen LogP contribution in [0.15, 0.2) is 35.3 Å². The molecule has 0 spiro atoms. The summed E-state index contributed by atoms with van der Waals surface area (Å²) in [4.78, 5) is 10.0. The van der Waals surface area contributed by atoms with Crippen molar-refractivity contribution in [2.75, 3.05) is 32.7 Å². The average Bonchev–Trinajstić information content (AvgIpc) is 3.48. The zero-order valence-electron chi connectivity index (χ0n) is 18.1. The molecule has 1 aromatic heterocycles. The number of aliphatic imine (C=N–C) groups is 1. The quantitative estimate of drug-likeness (QED) is 0.359. The Kier molecular flexibility index (Phi) is 8.50. The molecule has 2 saturated heterocycles. The van der Waals surface area contributed by atoms with Crippen molar-refractivity contribution >= 4 is 29.9 Å². The van der Waals surface area contributed by atoms with E-state index in [1.54, 1.807) is 0 Å². The molecule has 4 rings (SSSR count). The van der Waals surface area contributed by atoms with Crippen LogP contribution in [-0.4, -0.2) is 63.2 Å². The fourth-order valence-corrected chi connectivity index (χ4v) is 4.28. The molecule has 3 heterocycles. The molecule has 2 aromatic rings. The molecule has 7 nitrogen and oxygen atoms in total. The second-order valence-electron chi connectivity index (χ2n) is 8.31. The predicted molar refractivity (Wildman–Crippen MR) is 131 cm³/mol. The van der Waals surface area contributed by atoms with E-state index in [4.69, 9.17) is 4.99 Å². The van der Waals surface area contributed by atoms with E-state index in [1.165, 1.54) is 44.5 Å². The number of guanidine groups is 1. The first-order valence-corrected chi connectivity index (χ1v) is 10.8. The van der Waals surface area contributed by atoms with Crippen LogP contribution in [0.25, 0.3) is 0 Å². The number of aryl methyl sites for hydroxylation is 1. The van der Waals surface area contributed by atoms with Crippen LogP contribution < -0.4 is 5.32 Å². The summed E-state index contributed by atoms with van der Waals surface area (Å²) in [6.45, 7) is 9.22. The molecule has 1 atom stereocenters. The number of nitrogens with zero attached hydrogens (tertiary/aromatic N) is 6. The Labute approximate surface area is 197 Å². The van der Waals surface area contributed by atoms with E-state index in [0.717, 1.165) is 36.6 Å². The highest BCUT2D eigenvalue weighted by molar-refractivity contribution is 14.0. The summed E-state index contributed by atoms with van der Waals surface area (Å²) in [6.07, 6.45) is 3.96. The van der Waals surface area contributed by atoms with Crippen LogP contribution in [0.1, 0.15) is 36.5 Å². The molecule has 0 radical (unpaired) electrons. The Hall–Kier alpha value is -1.68. The van der Waals surface area contributed by atoms with E-state index in [2.05, 4.69) is 49.6 Å². The third kappa shape index (κ3) is 5.94. The van der Waals surface area contributed by atoms with Gasteiger partial charge in [-0.2, -0.15) is 0 Å². The highest BCUT2D eigenvalue weighted by Crippen LogP contribution is 2.20. The molecule has 2 fully saturated rings. The van der Waals surface area contributed by atoms with Gasteiger partial charge in [-0.3, -0.25) is 0 Å². The molecule has 0 aliphatic carbocycles. The Bertz CT molecular complexity index is 814. The first-order valence-electron chi connectivity index (χ1n) is 10.8. The van der Waals surface area contributed by atoms with Crippen LogP contribution in [0.3, 0.4) is 0 Å². The molecule has 164 valence electrons. The van der Waals surface area contributed by atoms with E-state index >= 15 is 0 Å². The highest BCUT2D eigenvalue weighted by Gasteiger charge is 2.27. The third-order valence-electron chi connectivity index (χ3n) is 6.14. The lowest BCUT2D eigenvalue weighted by Crippen LogP contribution is -2.41. The number of likely N-dealkylation sites (tertiary alicyclic amines) is 2. The normalized spacial score (nSPS) is 19.9. The maximum Gasteiger partial charge on any atom is 0.194 e. The van der Waals surface area contributed by atoms with Gasteiger partial charge in [-0.05, 0) is 50.8 Å². The summed E-state index contributed by atoms with van der Waals surface area (Å²) in [5.74, 6) is 3.58. The lowest BCUT2D eigenvalue weighted by atomic mass is 10.1. The Balaban J connectivity index is 0.00000256. The van der Waals surface area contributed by atoms with Gasteiger partial charge in [0.05, 0.1) is 13.1 Å². The summed E-state index contributed by atoms with van der Waals surface area (Å²) in [5.41, 5.74) is 1.23. The topological polar surface area (TPSA) is 61.6 Å². The second kappa shape index (κ2) is 11.1. The van der Waals surface area contributed by atoms with Crippen LogP contribution in [0.4, 0.5) is 0 Å². The lowest BCUT2D eigenvalue weighted by Gasteiger charge is -2.23. The third-order valence-corrected chi connectivity index (χ3v) is 6.14. The van der Waals surface area contributed by atoms with E-state index in [-0.39, 0.29) is 24.0 Å². The van der Waals surface area contributed by atoms with Gasteiger partial charge in [-0.25, -0.2) is 4.99 Å². The maximum absolute atomic E-state index is 4.95. The number of nitrogens with one attached hydrogen (secondary N) is 1. The number of halogens is 1. The van der Waals surface area contributed by atoms with Crippen LogP contribution >= 0.6 is 24.0 Å². The Morgan fingerprint density at radius 3 is 2.60 bits per heavy atom. The Morgan fingerprint density at radius 1 is 1.13 bits per heavy atom. The fourth-order valence-electron chi connectivity index (χ4n) is 4.28. The minimum absolute atomic E-state index is 0. The zero-order chi connectivity index (χ0) is 20.1. The van der Waals surface area contributed by atoms with Crippen molar-refractivity contribution in [1.29, 1.82) is 0 Å². The molecule has 1 aromatic carbocycles. The smallest absolute Gasteiger partial charge is 0.194 e. The molecule has 2 aliphatic heterocycles. The number of rotatable bonds is 6. The lowest BCUT2D eigenvalue weighted by molar-refractivity contribution is 0.281. The largest absolute Gasteiger partial charge is 0.349 e. The molecule has 8 heteroatoms. The van der Waals surface area contributed by atoms with Gasteiger partial charge < -0.3 is 19.7 Å². The minimum Gasteiger partial charge on any atom is -0.349 e. The van der Waals surface area contributed by atoms with Crippen molar-refractivity contribution in [2.24, 2.45) is 18.0 Å². The molecule has 0 amide bonds. The van der Waals surface area contributed by atoms with Gasteiger partial charge in [0.2, 0.25) is 0 Å². The number of benzene rings is 1. The standard InChI is InChI=1S/C22H33N7.HI/c1-18-25-26-21(27(18)2)15-24-22(23-14-19-8-4-3-5-9-19)29-13-10-20(17-29)16-28-11-6-7-12-28;/h3-5,8-9,20H,6-7,10-17H2,1-2H3,(H,23,24);1H. The summed E-state index contributed by atoms with van der Waals surface area (Å²) < 4.78 is 2.03. The molecular weight excluding hydrogens is 489 g/mol. The molecule has 1 unspecified atom stereocenters. The summed E-state index contributed by atoms with van der Waals surface area (Å²) >= 11 is 0. The van der Waals surface area contributed by atoms with E-state index in [9.17, 15) is 0 Å². The van der Waals surface area contributed by atoms with E-state index < -0.39 is 0 Å². The molecule has 1 N–H and O–H groups in total. The fraction of sp³-hybridized carbons (Fsp3) is 0.591. The van der Waals surface area contributed by atoms with Gasteiger partial charge in [-0.1, -0.05) is 30.3 Å². The Morgan fingerprint density at radius 2 is 1.90 bits per heavy atom. The van der Waals surface area contributed by atoms with Gasteiger partial charge in [0.1, 0.15) is 5.82 Å². The van der Waals surface area contributed by atoms with Crippen LogP contribution in [0.2, 0.25) is 0 Å². The predicted octanol–water partition coefficient (Wildman–Crippen LogP) is 2.81. The summed E-state index contributed by atoms with van der Waals surface area (Å²) in [6, 6.07) is 10.5.